The molecule has 0 bridgehead atoms. The van der Waals surface area contributed by atoms with Gasteiger partial charge in [0.25, 0.3) is 0 Å². The first kappa shape index (κ1) is 10.9. The average Bonchev–Trinajstić information content (AvgIpc) is 1.82. The fourth-order valence-corrected chi connectivity index (χ4v) is 1.60. The second kappa shape index (κ2) is 4.04. The number of hydrogen-bond acceptors (Lipinski definition) is 3. The molecule has 68 valence electrons. The summed E-state index contributed by atoms with van der Waals surface area (Å²) in [5.74, 6) is 0. The Labute approximate surface area is 67.7 Å². The molecular formula is C6H15NO3S. The van der Waals surface area contributed by atoms with Crippen LogP contribution in [0.5, 0.6) is 0 Å². The van der Waals surface area contributed by atoms with E-state index in [0.29, 0.717) is 6.42 Å². The van der Waals surface area contributed by atoms with E-state index in [1.165, 1.54) is 0 Å². The molecule has 0 spiro atoms. The summed E-state index contributed by atoms with van der Waals surface area (Å²) in [7, 11) is -3.19. The van der Waals surface area contributed by atoms with Gasteiger partial charge in [0, 0.05) is 6.04 Å². The van der Waals surface area contributed by atoms with Crippen LogP contribution >= 0.6 is 0 Å². The number of aliphatic hydroxyl groups excluding tert-OH is 1. The molecular weight excluding hydrogens is 166 g/mol. The molecule has 0 aliphatic heterocycles. The molecule has 11 heavy (non-hydrogen) atoms. The molecule has 0 heterocycles. The molecule has 4 nitrogen and oxygen atoms in total. The maximum absolute atomic E-state index is 10.6. The van der Waals surface area contributed by atoms with Gasteiger partial charge in [0.1, 0.15) is 0 Å². The summed E-state index contributed by atoms with van der Waals surface area (Å²) in [6, 6.07) is -0.407. The number of aliphatic hydroxyl groups is 1. The van der Waals surface area contributed by atoms with Crippen LogP contribution in [0.15, 0.2) is 0 Å². The summed E-state index contributed by atoms with van der Waals surface area (Å²) >= 11 is 0. The van der Waals surface area contributed by atoms with Crippen molar-refractivity contribution in [1.29, 1.82) is 0 Å². The largest absolute Gasteiger partial charge is 0.391 e. The van der Waals surface area contributed by atoms with Gasteiger partial charge in [0.2, 0.25) is 10.0 Å². The SMILES string of the molecule is CCC(O)C(C)NS(C)(=O)=O. The van der Waals surface area contributed by atoms with Gasteiger partial charge in [0.05, 0.1) is 12.4 Å². The first-order valence-corrected chi connectivity index (χ1v) is 5.41. The lowest BCUT2D eigenvalue weighted by Crippen LogP contribution is -2.40. The minimum atomic E-state index is -3.19. The fraction of sp³-hybridized carbons (Fsp3) is 1.00. The highest BCUT2D eigenvalue weighted by molar-refractivity contribution is 7.88. The molecule has 2 N–H and O–H groups in total. The van der Waals surface area contributed by atoms with E-state index >= 15 is 0 Å². The third kappa shape index (κ3) is 5.17. The maximum atomic E-state index is 10.6. The van der Waals surface area contributed by atoms with Gasteiger partial charge in [0.15, 0.2) is 0 Å². The van der Waals surface area contributed by atoms with Crippen LogP contribution in [0.2, 0.25) is 0 Å². The van der Waals surface area contributed by atoms with Crippen molar-refractivity contribution in [2.75, 3.05) is 6.26 Å². The van der Waals surface area contributed by atoms with E-state index in [1.54, 1.807) is 13.8 Å². The Balaban J connectivity index is 3.98. The molecule has 2 atom stereocenters. The van der Waals surface area contributed by atoms with Gasteiger partial charge >= 0.3 is 0 Å². The molecule has 0 fully saturated rings. The second-order valence-corrected chi connectivity index (χ2v) is 4.43. The van der Waals surface area contributed by atoms with Crippen molar-refractivity contribution >= 4 is 10.0 Å². The predicted octanol–water partition coefficient (Wildman–Crippen LogP) is -0.305. The summed E-state index contributed by atoms with van der Waals surface area (Å²) in [4.78, 5) is 0. The van der Waals surface area contributed by atoms with Gasteiger partial charge in [-0.3, -0.25) is 0 Å². The van der Waals surface area contributed by atoms with Crippen LogP contribution in [0.1, 0.15) is 20.3 Å². The van der Waals surface area contributed by atoms with E-state index in [2.05, 4.69) is 4.72 Å². The normalized spacial score (nSPS) is 17.8. The molecule has 0 aromatic rings. The highest BCUT2D eigenvalue weighted by Crippen LogP contribution is 1.97. The van der Waals surface area contributed by atoms with E-state index < -0.39 is 22.2 Å². The number of sulfonamides is 1. The third-order valence-corrected chi connectivity index (χ3v) is 2.20. The molecule has 0 saturated carbocycles. The lowest BCUT2D eigenvalue weighted by molar-refractivity contribution is 0.140. The standard InChI is InChI=1S/C6H15NO3S/c1-4-6(8)5(2)7-11(3,9)10/h5-8H,4H2,1-3H3. The van der Waals surface area contributed by atoms with Crippen LogP contribution in [0.25, 0.3) is 0 Å². The zero-order valence-electron chi connectivity index (χ0n) is 7.03. The van der Waals surface area contributed by atoms with Crippen molar-refractivity contribution in [3.63, 3.8) is 0 Å². The van der Waals surface area contributed by atoms with Gasteiger partial charge < -0.3 is 5.11 Å². The van der Waals surface area contributed by atoms with Crippen molar-refractivity contribution < 1.29 is 13.5 Å². The highest BCUT2D eigenvalue weighted by Gasteiger charge is 2.15. The quantitative estimate of drug-likeness (QED) is 0.625. The summed E-state index contributed by atoms with van der Waals surface area (Å²) in [6.07, 6.45) is 1.01. The summed E-state index contributed by atoms with van der Waals surface area (Å²) in [5.41, 5.74) is 0. The van der Waals surface area contributed by atoms with E-state index in [9.17, 15) is 8.42 Å². The summed E-state index contributed by atoms with van der Waals surface area (Å²) < 4.78 is 23.6. The lowest BCUT2D eigenvalue weighted by Gasteiger charge is -2.16. The second-order valence-electron chi connectivity index (χ2n) is 2.65. The first-order valence-electron chi connectivity index (χ1n) is 3.52. The Morgan fingerprint density at radius 1 is 1.55 bits per heavy atom. The fourth-order valence-electron chi connectivity index (χ4n) is 0.770. The summed E-state index contributed by atoms with van der Waals surface area (Å²) in [6.45, 7) is 3.43. The molecule has 2 unspecified atom stereocenters. The number of rotatable bonds is 4. The van der Waals surface area contributed by atoms with E-state index in [-0.39, 0.29) is 0 Å². The summed E-state index contributed by atoms with van der Waals surface area (Å²) in [5, 5.41) is 9.16. The topological polar surface area (TPSA) is 66.4 Å². The van der Waals surface area contributed by atoms with Crippen molar-refractivity contribution in [1.82, 2.24) is 4.72 Å². The Kier molecular flexibility index (Phi) is 3.99. The maximum Gasteiger partial charge on any atom is 0.209 e. The Morgan fingerprint density at radius 3 is 2.27 bits per heavy atom. The highest BCUT2D eigenvalue weighted by atomic mass is 32.2. The van der Waals surface area contributed by atoms with Gasteiger partial charge in [-0.15, -0.1) is 0 Å². The van der Waals surface area contributed by atoms with E-state index in [4.69, 9.17) is 5.11 Å². The van der Waals surface area contributed by atoms with Gasteiger partial charge in [-0.25, -0.2) is 13.1 Å². The van der Waals surface area contributed by atoms with Crippen molar-refractivity contribution in [3.8, 4) is 0 Å². The van der Waals surface area contributed by atoms with Crippen molar-refractivity contribution in [3.05, 3.63) is 0 Å². The molecule has 0 aliphatic rings. The molecule has 5 heteroatoms. The van der Waals surface area contributed by atoms with Crippen LogP contribution in [-0.4, -0.2) is 31.9 Å². The minimum absolute atomic E-state index is 0.407. The minimum Gasteiger partial charge on any atom is -0.391 e. The monoisotopic (exact) mass is 181 g/mol. The molecule has 0 aromatic heterocycles. The van der Waals surface area contributed by atoms with Gasteiger partial charge in [-0.05, 0) is 13.3 Å². The van der Waals surface area contributed by atoms with Crippen molar-refractivity contribution in [2.24, 2.45) is 0 Å². The lowest BCUT2D eigenvalue weighted by atomic mass is 10.1. The Hall–Kier alpha value is -0.130. The zero-order valence-corrected chi connectivity index (χ0v) is 7.85. The molecule has 0 amide bonds. The van der Waals surface area contributed by atoms with E-state index in [1.807, 2.05) is 0 Å². The number of nitrogens with one attached hydrogen (secondary N) is 1. The molecule has 0 rings (SSSR count). The van der Waals surface area contributed by atoms with Crippen molar-refractivity contribution in [2.45, 2.75) is 32.4 Å². The molecule has 0 saturated heterocycles. The van der Waals surface area contributed by atoms with Crippen LogP contribution in [0, 0.1) is 0 Å². The van der Waals surface area contributed by atoms with Gasteiger partial charge in [-0.1, -0.05) is 6.92 Å². The zero-order chi connectivity index (χ0) is 9.07. The van der Waals surface area contributed by atoms with Crippen LogP contribution in [-0.2, 0) is 10.0 Å². The van der Waals surface area contributed by atoms with Crippen LogP contribution < -0.4 is 4.72 Å². The number of hydrogen-bond donors (Lipinski definition) is 2. The predicted molar refractivity (Wildman–Crippen MR) is 43.7 cm³/mol. The molecule has 0 radical (unpaired) electrons. The molecule has 0 aromatic carbocycles. The third-order valence-electron chi connectivity index (χ3n) is 1.40. The Bertz CT molecular complexity index is 200. The Morgan fingerprint density at radius 2 is 2.00 bits per heavy atom. The smallest absolute Gasteiger partial charge is 0.209 e. The van der Waals surface area contributed by atoms with Gasteiger partial charge in [-0.2, -0.15) is 0 Å². The van der Waals surface area contributed by atoms with Crippen LogP contribution in [0.4, 0.5) is 0 Å². The molecule has 0 aliphatic carbocycles. The first-order chi connectivity index (χ1) is 4.87. The van der Waals surface area contributed by atoms with E-state index in [0.717, 1.165) is 6.26 Å². The average molecular weight is 181 g/mol. The van der Waals surface area contributed by atoms with Crippen LogP contribution in [0.3, 0.4) is 0 Å².